The van der Waals surface area contributed by atoms with Gasteiger partial charge < -0.3 is 14.9 Å². The fourth-order valence-electron chi connectivity index (χ4n) is 4.80. The highest BCUT2D eigenvalue weighted by Gasteiger charge is 2.38. The lowest BCUT2D eigenvalue weighted by Crippen LogP contribution is -2.41. The van der Waals surface area contributed by atoms with Crippen molar-refractivity contribution in [3.63, 3.8) is 0 Å². The van der Waals surface area contributed by atoms with Crippen molar-refractivity contribution in [3.8, 4) is 0 Å². The fraction of sp³-hybridized carbons (Fsp3) is 0.591. The minimum atomic E-state index is -3.46. The van der Waals surface area contributed by atoms with Gasteiger partial charge in [0.1, 0.15) is 6.04 Å². The number of carboxylic acid groups (broad SMARTS) is 1. The molecule has 9 nitrogen and oxygen atoms in total. The van der Waals surface area contributed by atoms with Crippen molar-refractivity contribution in [3.05, 3.63) is 47.6 Å². The molecule has 0 bridgehead atoms. The SMILES string of the molecule is O=C(O)N[C@@H](c1ccccc1)c1nc([C@@H]2CCCCN2S(=O)(=O)CC2CCCCC2)no1. The summed E-state index contributed by atoms with van der Waals surface area (Å²) in [5.74, 6) is 0.768. The molecule has 2 aliphatic rings. The average Bonchev–Trinajstić information content (AvgIpc) is 3.28. The Labute approximate surface area is 188 Å². The summed E-state index contributed by atoms with van der Waals surface area (Å²) in [6.07, 6.45) is 6.37. The molecule has 1 aliphatic carbocycles. The quantitative estimate of drug-likeness (QED) is 0.640. The maximum Gasteiger partial charge on any atom is 0.405 e. The average molecular weight is 463 g/mol. The van der Waals surface area contributed by atoms with Crippen LogP contribution in [0.2, 0.25) is 0 Å². The Morgan fingerprint density at radius 2 is 1.84 bits per heavy atom. The van der Waals surface area contributed by atoms with Gasteiger partial charge in [-0.3, -0.25) is 0 Å². The van der Waals surface area contributed by atoms with E-state index in [0.717, 1.165) is 38.5 Å². The molecule has 0 spiro atoms. The maximum absolute atomic E-state index is 13.3. The third kappa shape index (κ3) is 5.29. The number of amides is 1. The van der Waals surface area contributed by atoms with E-state index in [9.17, 15) is 18.3 Å². The summed E-state index contributed by atoms with van der Waals surface area (Å²) >= 11 is 0. The first kappa shape index (κ1) is 22.7. The highest BCUT2D eigenvalue weighted by molar-refractivity contribution is 7.89. The van der Waals surface area contributed by atoms with Crippen molar-refractivity contribution in [1.82, 2.24) is 19.8 Å². The van der Waals surface area contributed by atoms with E-state index in [1.54, 1.807) is 28.6 Å². The van der Waals surface area contributed by atoms with Gasteiger partial charge in [-0.2, -0.15) is 9.29 Å². The van der Waals surface area contributed by atoms with Crippen LogP contribution in [0.1, 0.15) is 80.7 Å². The molecule has 32 heavy (non-hydrogen) atoms. The van der Waals surface area contributed by atoms with E-state index in [1.165, 1.54) is 6.42 Å². The van der Waals surface area contributed by atoms with Crippen LogP contribution in [0, 0.1) is 5.92 Å². The molecule has 174 valence electrons. The summed E-state index contributed by atoms with van der Waals surface area (Å²) in [7, 11) is -3.46. The number of piperidine rings is 1. The summed E-state index contributed by atoms with van der Waals surface area (Å²) in [4.78, 5) is 15.8. The Morgan fingerprint density at radius 3 is 2.56 bits per heavy atom. The molecule has 1 saturated heterocycles. The molecular formula is C22H30N4O5S. The molecule has 1 aliphatic heterocycles. The van der Waals surface area contributed by atoms with Crippen LogP contribution >= 0.6 is 0 Å². The molecule has 10 heteroatoms. The highest BCUT2D eigenvalue weighted by Crippen LogP contribution is 2.35. The van der Waals surface area contributed by atoms with Crippen molar-refractivity contribution in [1.29, 1.82) is 0 Å². The van der Waals surface area contributed by atoms with Gasteiger partial charge in [-0.25, -0.2) is 13.2 Å². The lowest BCUT2D eigenvalue weighted by molar-refractivity contribution is 0.189. The predicted molar refractivity (Wildman–Crippen MR) is 117 cm³/mol. The van der Waals surface area contributed by atoms with Gasteiger partial charge in [-0.05, 0) is 37.2 Å². The third-order valence-electron chi connectivity index (χ3n) is 6.39. The number of hydrogen-bond donors (Lipinski definition) is 2. The molecule has 0 radical (unpaired) electrons. The van der Waals surface area contributed by atoms with E-state index in [2.05, 4.69) is 15.5 Å². The Hall–Kier alpha value is -2.46. The molecule has 2 heterocycles. The first-order chi connectivity index (χ1) is 15.4. The standard InChI is InChI=1S/C22H30N4O5S/c27-22(28)23-19(17-11-5-2-6-12-17)21-24-20(25-31-21)18-13-7-8-14-26(18)32(29,30)15-16-9-3-1-4-10-16/h2,5-6,11-12,16,18-19,23H,1,3-4,7-10,13-15H2,(H,27,28)/t18-,19-/m0/s1. The molecule has 2 aromatic rings. The summed E-state index contributed by atoms with van der Waals surface area (Å²) < 4.78 is 33.6. The number of nitrogens with one attached hydrogen (secondary N) is 1. The molecule has 1 aromatic heterocycles. The largest absolute Gasteiger partial charge is 0.465 e. The summed E-state index contributed by atoms with van der Waals surface area (Å²) in [6.45, 7) is 0.444. The zero-order chi connectivity index (χ0) is 22.6. The second kappa shape index (κ2) is 9.99. The van der Waals surface area contributed by atoms with Crippen LogP contribution in [0.15, 0.2) is 34.9 Å². The van der Waals surface area contributed by atoms with Crippen molar-refractivity contribution >= 4 is 16.1 Å². The maximum atomic E-state index is 13.3. The van der Waals surface area contributed by atoms with Crippen LogP contribution in [0.3, 0.4) is 0 Å². The van der Waals surface area contributed by atoms with Crippen LogP contribution in [0.25, 0.3) is 0 Å². The molecule has 2 atom stereocenters. The third-order valence-corrected chi connectivity index (χ3v) is 8.43. The predicted octanol–water partition coefficient (Wildman–Crippen LogP) is 3.86. The first-order valence-electron chi connectivity index (χ1n) is 11.3. The first-order valence-corrected chi connectivity index (χ1v) is 12.9. The van der Waals surface area contributed by atoms with E-state index >= 15 is 0 Å². The van der Waals surface area contributed by atoms with Gasteiger partial charge in [0, 0.05) is 6.54 Å². The normalized spacial score (nSPS) is 21.8. The van der Waals surface area contributed by atoms with Crippen molar-refractivity contribution in [2.45, 2.75) is 63.5 Å². The van der Waals surface area contributed by atoms with E-state index < -0.39 is 28.2 Å². The molecule has 2 fully saturated rings. The zero-order valence-electron chi connectivity index (χ0n) is 18.0. The lowest BCUT2D eigenvalue weighted by Gasteiger charge is -2.34. The minimum Gasteiger partial charge on any atom is -0.465 e. The smallest absolute Gasteiger partial charge is 0.405 e. The van der Waals surface area contributed by atoms with Crippen LogP contribution in [0.5, 0.6) is 0 Å². The number of sulfonamides is 1. The number of rotatable bonds is 7. The molecule has 0 unspecified atom stereocenters. The monoisotopic (exact) mass is 462 g/mol. The van der Waals surface area contributed by atoms with Gasteiger partial charge in [0.2, 0.25) is 10.0 Å². The number of hydrogen-bond acceptors (Lipinski definition) is 6. The van der Waals surface area contributed by atoms with Crippen LogP contribution < -0.4 is 5.32 Å². The second-order valence-electron chi connectivity index (χ2n) is 8.69. The van der Waals surface area contributed by atoms with Gasteiger partial charge >= 0.3 is 6.09 Å². The van der Waals surface area contributed by atoms with Crippen molar-refractivity contribution in [2.24, 2.45) is 5.92 Å². The zero-order valence-corrected chi connectivity index (χ0v) is 18.8. The Kier molecular flexibility index (Phi) is 7.10. The summed E-state index contributed by atoms with van der Waals surface area (Å²) in [6, 6.07) is 7.64. The van der Waals surface area contributed by atoms with Gasteiger partial charge in [0.15, 0.2) is 5.82 Å². The second-order valence-corrected chi connectivity index (χ2v) is 10.7. The highest BCUT2D eigenvalue weighted by atomic mass is 32.2. The number of nitrogens with zero attached hydrogens (tertiary/aromatic N) is 3. The Balaban J connectivity index is 1.57. The number of carbonyl (C=O) groups is 1. The van der Waals surface area contributed by atoms with Crippen LogP contribution in [0.4, 0.5) is 4.79 Å². The van der Waals surface area contributed by atoms with Crippen LogP contribution in [-0.2, 0) is 10.0 Å². The summed E-state index contributed by atoms with van der Waals surface area (Å²) in [5, 5.41) is 15.8. The molecule has 2 N–H and O–H groups in total. The van der Waals surface area contributed by atoms with E-state index in [1.807, 2.05) is 6.07 Å². The van der Waals surface area contributed by atoms with Crippen LogP contribution in [-0.4, -0.2) is 46.4 Å². The lowest BCUT2D eigenvalue weighted by atomic mass is 9.91. The Morgan fingerprint density at radius 1 is 1.12 bits per heavy atom. The van der Waals surface area contributed by atoms with Crippen molar-refractivity contribution < 1.29 is 22.8 Å². The number of aromatic nitrogens is 2. The van der Waals surface area contributed by atoms with E-state index in [-0.39, 0.29) is 17.6 Å². The summed E-state index contributed by atoms with van der Waals surface area (Å²) in [5.41, 5.74) is 0.663. The molecule has 1 aromatic carbocycles. The molecule has 1 saturated carbocycles. The molecule has 4 rings (SSSR count). The van der Waals surface area contributed by atoms with Crippen molar-refractivity contribution in [2.75, 3.05) is 12.3 Å². The van der Waals surface area contributed by atoms with Gasteiger partial charge in [-0.15, -0.1) is 0 Å². The van der Waals surface area contributed by atoms with E-state index in [4.69, 9.17) is 4.52 Å². The molecular weight excluding hydrogens is 432 g/mol. The van der Waals surface area contributed by atoms with Gasteiger partial charge in [0.05, 0.1) is 11.8 Å². The van der Waals surface area contributed by atoms with E-state index in [0.29, 0.717) is 24.4 Å². The van der Waals surface area contributed by atoms with Gasteiger partial charge in [-0.1, -0.05) is 61.2 Å². The van der Waals surface area contributed by atoms with Gasteiger partial charge in [0.25, 0.3) is 5.89 Å². The minimum absolute atomic E-state index is 0.101. The topological polar surface area (TPSA) is 126 Å². The fourth-order valence-corrected chi connectivity index (χ4v) is 6.92. The number of benzene rings is 1. The Bertz CT molecular complexity index is 1000. The molecule has 1 amide bonds.